The van der Waals surface area contributed by atoms with Crippen molar-refractivity contribution >= 4 is 12.0 Å². The molecule has 0 atom stereocenters. The van der Waals surface area contributed by atoms with Crippen LogP contribution in [0.2, 0.25) is 0 Å². The number of likely N-dealkylation sites (tertiary alicyclic amines) is 1. The summed E-state index contributed by atoms with van der Waals surface area (Å²) in [7, 11) is 1.77. The average molecular weight is 297 g/mol. The number of urea groups is 1. The first-order valence-corrected chi connectivity index (χ1v) is 7.98. The van der Waals surface area contributed by atoms with E-state index >= 15 is 0 Å². The Morgan fingerprint density at radius 1 is 1.19 bits per heavy atom. The van der Waals surface area contributed by atoms with Crippen molar-refractivity contribution in [2.75, 3.05) is 39.8 Å². The third kappa shape index (κ3) is 4.09. The zero-order valence-electron chi connectivity index (χ0n) is 12.9. The predicted octanol–water partition coefficient (Wildman–Crippen LogP) is 1.37. The van der Waals surface area contributed by atoms with Crippen LogP contribution in [0, 0.1) is 5.41 Å². The van der Waals surface area contributed by atoms with E-state index < -0.39 is 11.4 Å². The zero-order valence-corrected chi connectivity index (χ0v) is 12.9. The number of carboxylic acid groups (broad SMARTS) is 1. The van der Waals surface area contributed by atoms with Crippen molar-refractivity contribution in [2.45, 2.75) is 38.5 Å². The second kappa shape index (κ2) is 7.11. The predicted molar refractivity (Wildman–Crippen MR) is 80.2 cm³/mol. The molecule has 2 N–H and O–H groups in total. The minimum absolute atomic E-state index is 0.165. The Kier molecular flexibility index (Phi) is 5.45. The Morgan fingerprint density at radius 2 is 1.81 bits per heavy atom. The monoisotopic (exact) mass is 297 g/mol. The number of aliphatic carboxylic acids is 1. The van der Waals surface area contributed by atoms with Crippen LogP contribution in [0.4, 0.5) is 4.79 Å². The van der Waals surface area contributed by atoms with E-state index in [1.165, 1.54) is 12.8 Å². The Morgan fingerprint density at radius 3 is 2.38 bits per heavy atom. The summed E-state index contributed by atoms with van der Waals surface area (Å²) in [6.45, 7) is 4.07. The molecular weight excluding hydrogens is 270 g/mol. The molecule has 2 fully saturated rings. The largest absolute Gasteiger partial charge is 0.481 e. The molecule has 6 heteroatoms. The van der Waals surface area contributed by atoms with Crippen LogP contribution in [0.25, 0.3) is 0 Å². The highest BCUT2D eigenvalue weighted by Gasteiger charge is 2.41. The molecule has 0 aromatic carbocycles. The molecule has 2 aliphatic rings. The molecule has 0 bridgehead atoms. The maximum atomic E-state index is 12.1. The van der Waals surface area contributed by atoms with Gasteiger partial charge < -0.3 is 20.2 Å². The van der Waals surface area contributed by atoms with Crippen molar-refractivity contribution in [1.29, 1.82) is 0 Å². The van der Waals surface area contributed by atoms with Crippen LogP contribution in [0.3, 0.4) is 0 Å². The van der Waals surface area contributed by atoms with Gasteiger partial charge in [0.2, 0.25) is 0 Å². The van der Waals surface area contributed by atoms with Crippen LogP contribution in [0.15, 0.2) is 0 Å². The maximum Gasteiger partial charge on any atom is 0.317 e. The van der Waals surface area contributed by atoms with Crippen molar-refractivity contribution < 1.29 is 14.7 Å². The van der Waals surface area contributed by atoms with E-state index in [1.807, 2.05) is 0 Å². The normalized spacial score (nSPS) is 21.4. The second-order valence-electron chi connectivity index (χ2n) is 6.42. The number of likely N-dealkylation sites (N-methyl/N-ethyl adjacent to an activating group) is 1. The highest BCUT2D eigenvalue weighted by atomic mass is 16.4. The van der Waals surface area contributed by atoms with Gasteiger partial charge in [0.05, 0.1) is 5.41 Å². The van der Waals surface area contributed by atoms with E-state index in [-0.39, 0.29) is 12.6 Å². The molecule has 0 radical (unpaired) electrons. The Balaban J connectivity index is 1.73. The van der Waals surface area contributed by atoms with E-state index in [4.69, 9.17) is 0 Å². The number of amides is 2. The van der Waals surface area contributed by atoms with Gasteiger partial charge in [0, 0.05) is 26.7 Å². The molecule has 1 saturated carbocycles. The number of hydrogen-bond donors (Lipinski definition) is 2. The Hall–Kier alpha value is -1.30. The number of carbonyl (C=O) groups excluding carboxylic acids is 1. The molecule has 0 unspecified atom stereocenters. The highest BCUT2D eigenvalue weighted by Crippen LogP contribution is 2.37. The van der Waals surface area contributed by atoms with Gasteiger partial charge in [-0.2, -0.15) is 0 Å². The highest BCUT2D eigenvalue weighted by molar-refractivity contribution is 5.78. The first-order valence-electron chi connectivity index (χ1n) is 7.98. The van der Waals surface area contributed by atoms with Crippen molar-refractivity contribution in [2.24, 2.45) is 5.41 Å². The smallest absolute Gasteiger partial charge is 0.317 e. The molecule has 6 nitrogen and oxygen atoms in total. The Labute approximate surface area is 126 Å². The molecule has 0 spiro atoms. The van der Waals surface area contributed by atoms with E-state index in [9.17, 15) is 14.7 Å². The average Bonchev–Trinajstić information content (AvgIpc) is 3.13. The second-order valence-corrected chi connectivity index (χ2v) is 6.42. The molecule has 0 aromatic rings. The number of nitrogens with zero attached hydrogens (tertiary/aromatic N) is 2. The quantitative estimate of drug-likeness (QED) is 0.776. The molecule has 120 valence electrons. The first kappa shape index (κ1) is 16.1. The summed E-state index contributed by atoms with van der Waals surface area (Å²) in [4.78, 5) is 27.5. The number of hydrogen-bond acceptors (Lipinski definition) is 3. The summed E-state index contributed by atoms with van der Waals surface area (Å²) in [5.74, 6) is -0.778. The van der Waals surface area contributed by atoms with Gasteiger partial charge in [0.1, 0.15) is 0 Å². The summed E-state index contributed by atoms with van der Waals surface area (Å²) in [6.07, 6.45) is 5.70. The van der Waals surface area contributed by atoms with Crippen molar-refractivity contribution in [1.82, 2.24) is 15.1 Å². The molecular formula is C15H27N3O3. The van der Waals surface area contributed by atoms with Crippen LogP contribution in [-0.2, 0) is 4.79 Å². The summed E-state index contributed by atoms with van der Waals surface area (Å²) >= 11 is 0. The molecule has 1 saturated heterocycles. The third-order valence-corrected chi connectivity index (χ3v) is 4.89. The minimum atomic E-state index is -0.778. The standard InChI is InChI=1S/C15H27N3O3/c1-17(10-11-18-8-4-5-9-18)14(21)16-12-15(13(19)20)6-2-3-7-15/h2-12H2,1H3,(H,16,21)(H,19,20). The van der Waals surface area contributed by atoms with E-state index in [2.05, 4.69) is 10.2 Å². The minimum Gasteiger partial charge on any atom is -0.481 e. The fourth-order valence-electron chi connectivity index (χ4n) is 3.30. The summed E-state index contributed by atoms with van der Waals surface area (Å²) in [5, 5.41) is 12.2. The van der Waals surface area contributed by atoms with Crippen molar-refractivity contribution in [3.63, 3.8) is 0 Å². The van der Waals surface area contributed by atoms with E-state index in [0.717, 1.165) is 32.5 Å². The van der Waals surface area contributed by atoms with E-state index in [0.29, 0.717) is 19.4 Å². The first-order chi connectivity index (χ1) is 10.0. The van der Waals surface area contributed by atoms with Crippen LogP contribution < -0.4 is 5.32 Å². The number of carboxylic acids is 1. The van der Waals surface area contributed by atoms with Gasteiger partial charge >= 0.3 is 12.0 Å². The van der Waals surface area contributed by atoms with Gasteiger partial charge in [-0.1, -0.05) is 12.8 Å². The number of nitrogens with one attached hydrogen (secondary N) is 1. The zero-order chi connectivity index (χ0) is 15.3. The molecule has 21 heavy (non-hydrogen) atoms. The van der Waals surface area contributed by atoms with Crippen LogP contribution in [-0.4, -0.2) is 66.7 Å². The van der Waals surface area contributed by atoms with Crippen molar-refractivity contribution in [3.8, 4) is 0 Å². The molecule has 0 aromatic heterocycles. The van der Waals surface area contributed by atoms with Gasteiger partial charge in [-0.25, -0.2) is 4.79 Å². The fourth-order valence-corrected chi connectivity index (χ4v) is 3.30. The van der Waals surface area contributed by atoms with Gasteiger partial charge in [-0.05, 0) is 38.8 Å². The fraction of sp³-hybridized carbons (Fsp3) is 0.867. The number of rotatable bonds is 6. The van der Waals surface area contributed by atoms with Gasteiger partial charge in [-0.3, -0.25) is 4.79 Å². The molecule has 1 aliphatic heterocycles. The molecule has 1 heterocycles. The lowest BCUT2D eigenvalue weighted by Gasteiger charge is -2.27. The molecule has 1 aliphatic carbocycles. The lowest BCUT2D eigenvalue weighted by Crippen LogP contribution is -2.47. The van der Waals surface area contributed by atoms with E-state index in [1.54, 1.807) is 11.9 Å². The SMILES string of the molecule is CN(CCN1CCCC1)C(=O)NCC1(C(=O)O)CCCC1. The topological polar surface area (TPSA) is 72.9 Å². The molecule has 2 rings (SSSR count). The van der Waals surface area contributed by atoms with Crippen molar-refractivity contribution in [3.05, 3.63) is 0 Å². The third-order valence-electron chi connectivity index (χ3n) is 4.89. The maximum absolute atomic E-state index is 12.1. The summed E-state index contributed by atoms with van der Waals surface area (Å²) in [5.41, 5.74) is -0.745. The molecule has 2 amide bonds. The van der Waals surface area contributed by atoms with Crippen LogP contribution in [0.1, 0.15) is 38.5 Å². The van der Waals surface area contributed by atoms with Crippen LogP contribution in [0.5, 0.6) is 0 Å². The summed E-state index contributed by atoms with van der Waals surface area (Å²) in [6, 6.07) is -0.165. The van der Waals surface area contributed by atoms with Gasteiger partial charge in [0.15, 0.2) is 0 Å². The Bertz CT molecular complexity index is 374. The van der Waals surface area contributed by atoms with Gasteiger partial charge in [0.25, 0.3) is 0 Å². The van der Waals surface area contributed by atoms with Gasteiger partial charge in [-0.15, -0.1) is 0 Å². The summed E-state index contributed by atoms with van der Waals surface area (Å²) < 4.78 is 0. The lowest BCUT2D eigenvalue weighted by molar-refractivity contribution is -0.148. The lowest BCUT2D eigenvalue weighted by atomic mass is 9.86. The number of carbonyl (C=O) groups is 2. The van der Waals surface area contributed by atoms with Crippen LogP contribution >= 0.6 is 0 Å².